The number of imidazole rings is 1. The lowest BCUT2D eigenvalue weighted by Gasteiger charge is -2.32. The molecule has 20 N–H and O–H groups in total. The predicted molar refractivity (Wildman–Crippen MR) is 300 cm³/mol. The Labute approximate surface area is 466 Å². The highest BCUT2D eigenvalue weighted by atomic mass is 16.2. The van der Waals surface area contributed by atoms with Gasteiger partial charge in [0.15, 0.2) is 17.9 Å². The van der Waals surface area contributed by atoms with Gasteiger partial charge >= 0.3 is 0 Å². The van der Waals surface area contributed by atoms with Gasteiger partial charge in [0, 0.05) is 78.1 Å². The van der Waals surface area contributed by atoms with Gasteiger partial charge in [0.05, 0.1) is 12.9 Å². The minimum absolute atomic E-state index is 0.00700. The number of likely N-dealkylation sites (tertiary alicyclic amines) is 1. The molecule has 0 aliphatic carbocycles. The molecule has 442 valence electrons. The van der Waals surface area contributed by atoms with Gasteiger partial charge in [-0.2, -0.15) is 0 Å². The van der Waals surface area contributed by atoms with Crippen LogP contribution >= 0.6 is 0 Å². The van der Waals surface area contributed by atoms with E-state index >= 15 is 0 Å². The molecule has 29 nitrogen and oxygen atoms in total. The first-order valence-corrected chi connectivity index (χ1v) is 26.7. The third kappa shape index (κ3) is 23.2. The number of likely N-dealkylation sites (N-methyl/N-ethyl adjacent to an activating group) is 1. The lowest BCUT2D eigenvalue weighted by Crippen LogP contribution is -2.59. The summed E-state index contributed by atoms with van der Waals surface area (Å²) in [5.74, 6) is -6.75. The van der Waals surface area contributed by atoms with Gasteiger partial charge in [-0.05, 0) is 90.0 Å². The lowest BCUT2D eigenvalue weighted by atomic mass is 9.90. The van der Waals surface area contributed by atoms with Gasteiger partial charge in [-0.25, -0.2) is 4.98 Å². The Kier molecular flexibility index (Phi) is 27.7. The number of benzene rings is 1. The molecule has 80 heavy (non-hydrogen) atoms. The lowest BCUT2D eigenvalue weighted by molar-refractivity contribution is -0.144. The van der Waals surface area contributed by atoms with Gasteiger partial charge in [-0.15, -0.1) is 0 Å². The summed E-state index contributed by atoms with van der Waals surface area (Å²) in [6.07, 6.45) is 4.83. The van der Waals surface area contributed by atoms with Crippen molar-refractivity contribution in [3.05, 3.63) is 54.1 Å². The summed E-state index contributed by atoms with van der Waals surface area (Å²) < 4.78 is 0. The Bertz CT molecular complexity index is 2460. The van der Waals surface area contributed by atoms with Crippen molar-refractivity contribution in [2.75, 3.05) is 59.9 Å². The molecule has 1 saturated heterocycles. The van der Waals surface area contributed by atoms with Gasteiger partial charge in [-0.3, -0.25) is 58.1 Å². The molecular weight excluding hydrogens is 1040 g/mol. The largest absolute Gasteiger partial charge is 0.370 e. The van der Waals surface area contributed by atoms with E-state index in [0.717, 1.165) is 11.3 Å². The zero-order valence-electron chi connectivity index (χ0n) is 46.4. The average Bonchev–Trinajstić information content (AvgIpc) is 4.13. The van der Waals surface area contributed by atoms with Gasteiger partial charge < -0.3 is 86.4 Å². The second kappa shape index (κ2) is 33.7. The molecule has 0 radical (unpaired) electrons. The zero-order chi connectivity index (χ0) is 59.4. The van der Waals surface area contributed by atoms with Crippen LogP contribution in [0.15, 0.2) is 57.8 Å². The van der Waals surface area contributed by atoms with E-state index in [1.54, 1.807) is 20.3 Å². The molecule has 9 amide bonds. The first-order chi connectivity index (χ1) is 37.9. The fourth-order valence-electron chi connectivity index (χ4n) is 8.43. The molecule has 0 spiro atoms. The molecule has 1 aromatic carbocycles. The molecule has 0 bridgehead atoms. The Hall–Kier alpha value is -8.53. The van der Waals surface area contributed by atoms with Crippen LogP contribution in [0.5, 0.6) is 0 Å². The molecule has 1 fully saturated rings. The molecule has 2 aromatic rings. The number of nitrogens with two attached hydrogens (primary N) is 7. The summed E-state index contributed by atoms with van der Waals surface area (Å²) in [4.78, 5) is 148. The average molecular weight is 1120 g/mol. The molecule has 0 saturated carbocycles. The van der Waals surface area contributed by atoms with Crippen molar-refractivity contribution in [1.82, 2.24) is 51.3 Å². The topological polar surface area (TPSA) is 471 Å². The quantitative estimate of drug-likeness (QED) is 0.0135. The number of hydrogen-bond donors (Lipinski definition) is 13. The highest BCUT2D eigenvalue weighted by Gasteiger charge is 2.42. The van der Waals surface area contributed by atoms with Crippen molar-refractivity contribution < 1.29 is 43.2 Å². The maximum atomic E-state index is 14.8. The van der Waals surface area contributed by atoms with E-state index in [0.29, 0.717) is 32.1 Å². The highest BCUT2D eigenvalue weighted by Crippen LogP contribution is 2.22. The number of nitrogens with one attached hydrogen (secondary N) is 6. The fraction of sp³-hybridized carbons (Fsp3) is 0.588. The summed E-state index contributed by atoms with van der Waals surface area (Å²) in [5.41, 5.74) is 38.7. The van der Waals surface area contributed by atoms with Crippen LogP contribution in [0.25, 0.3) is 0 Å². The molecule has 3 rings (SSSR count). The number of aromatic amines is 1. The first kappa shape index (κ1) is 65.8. The highest BCUT2D eigenvalue weighted by molar-refractivity contribution is 6.05. The molecule has 1 aromatic heterocycles. The van der Waals surface area contributed by atoms with E-state index in [2.05, 4.69) is 51.5 Å². The molecule has 29 heteroatoms. The molecular formula is C51H84N20O9. The Balaban J connectivity index is 1.94. The third-order valence-corrected chi connectivity index (χ3v) is 13.1. The Morgan fingerprint density at radius 3 is 1.86 bits per heavy atom. The number of amides is 9. The number of carbonyl (C=O) groups is 9. The van der Waals surface area contributed by atoms with E-state index in [1.807, 2.05) is 30.3 Å². The SMILES string of the molecule is CN(C)C(=O)CN(CCc1ccccc1)C(=O)[C@H](CCCN=C(N)N)NC(=O)[C@H](CCCN=C(N)N)NC(=O)[C@@H]1CCCN1C(=O)[C@H](CCCCN=C(N)N)NC(=O)[C@@H](CCC(N)=O)NC(=O)C(C)(C)C(=O)NCCc1cnc[nH]1. The predicted octanol–water partition coefficient (Wildman–Crippen LogP) is -4.00. The van der Waals surface area contributed by atoms with Crippen molar-refractivity contribution >= 4 is 71.0 Å². The van der Waals surface area contributed by atoms with E-state index in [-0.39, 0.29) is 121 Å². The second-order valence-corrected chi connectivity index (χ2v) is 20.1. The first-order valence-electron chi connectivity index (χ1n) is 26.7. The molecule has 0 unspecified atom stereocenters. The number of H-pyrrole nitrogens is 1. The standard InChI is InChI=1S/C51H84N20O9/c1-51(2,46(79)60-26-21-33-29-59-31-64-33)47(80)68-35(19-20-39(52)72)42(75)67-37(15-8-9-23-61-48(53)54)45(78)71-27-12-18-38(71)43(76)65-34(16-10-24-62-49(55)56)41(74)66-36(17-11-25-63-50(57)58)44(77)70(30-40(73)69(3)4)28-22-32-13-6-5-7-14-32/h5-7,13-14,29,31,34-38H,8-12,15-28,30H2,1-4H3,(H2,52,72)(H,59,64)(H,60,79)(H,65,76)(H,66,74)(H,67,75)(H,68,80)(H4,53,54,61)(H4,55,56,62)(H4,57,58,63)/t34-,35+,36-,37-,38-/m0/s1. The van der Waals surface area contributed by atoms with Gasteiger partial charge in [0.1, 0.15) is 35.6 Å². The number of primary amides is 1. The molecule has 1 aliphatic rings. The monoisotopic (exact) mass is 1120 g/mol. The number of carbonyl (C=O) groups excluding carboxylic acids is 9. The normalized spacial score (nSPS) is 14.4. The summed E-state index contributed by atoms with van der Waals surface area (Å²) >= 11 is 0. The van der Waals surface area contributed by atoms with Gasteiger partial charge in [0.25, 0.3) is 0 Å². The zero-order valence-corrected chi connectivity index (χ0v) is 46.4. The van der Waals surface area contributed by atoms with Crippen molar-refractivity contribution in [3.8, 4) is 0 Å². The van der Waals surface area contributed by atoms with Crippen LogP contribution in [0.3, 0.4) is 0 Å². The minimum Gasteiger partial charge on any atom is -0.370 e. The van der Waals surface area contributed by atoms with Crippen LogP contribution in [-0.2, 0) is 56.0 Å². The van der Waals surface area contributed by atoms with Crippen LogP contribution in [0, 0.1) is 5.41 Å². The number of rotatable bonds is 35. The fourth-order valence-corrected chi connectivity index (χ4v) is 8.43. The number of unbranched alkanes of at least 4 members (excludes halogenated alkanes) is 1. The summed E-state index contributed by atoms with van der Waals surface area (Å²) in [6, 6.07) is 2.88. The van der Waals surface area contributed by atoms with E-state index < -0.39 is 82.9 Å². The molecule has 2 heterocycles. The Morgan fingerprint density at radius 2 is 1.29 bits per heavy atom. The van der Waals surface area contributed by atoms with Gasteiger partial charge in [-0.1, -0.05) is 30.3 Å². The van der Waals surface area contributed by atoms with Crippen LogP contribution in [0.1, 0.15) is 95.7 Å². The maximum Gasteiger partial charge on any atom is 0.245 e. The summed E-state index contributed by atoms with van der Waals surface area (Å²) in [6.45, 7) is 3.16. The summed E-state index contributed by atoms with van der Waals surface area (Å²) in [7, 11) is 3.12. The minimum atomic E-state index is -1.71. The van der Waals surface area contributed by atoms with Crippen molar-refractivity contribution in [2.45, 2.75) is 128 Å². The van der Waals surface area contributed by atoms with E-state index in [9.17, 15) is 43.2 Å². The maximum absolute atomic E-state index is 14.8. The third-order valence-electron chi connectivity index (χ3n) is 13.1. The molecule has 1 aliphatic heterocycles. The Morgan fingerprint density at radius 1 is 0.713 bits per heavy atom. The van der Waals surface area contributed by atoms with Crippen LogP contribution < -0.4 is 66.7 Å². The van der Waals surface area contributed by atoms with Crippen molar-refractivity contribution in [2.24, 2.45) is 60.5 Å². The van der Waals surface area contributed by atoms with Crippen molar-refractivity contribution in [3.63, 3.8) is 0 Å². The molecule has 5 atom stereocenters. The second-order valence-electron chi connectivity index (χ2n) is 20.1. The number of nitrogens with zero attached hydrogens (tertiary/aromatic N) is 7. The van der Waals surface area contributed by atoms with Crippen LogP contribution in [0.2, 0.25) is 0 Å². The number of aromatic nitrogens is 2. The van der Waals surface area contributed by atoms with Crippen molar-refractivity contribution in [1.29, 1.82) is 0 Å². The van der Waals surface area contributed by atoms with E-state index in [1.165, 1.54) is 34.9 Å². The van der Waals surface area contributed by atoms with Crippen LogP contribution in [-0.4, -0.2) is 186 Å². The van der Waals surface area contributed by atoms with E-state index in [4.69, 9.17) is 40.1 Å². The summed E-state index contributed by atoms with van der Waals surface area (Å²) in [5, 5.41) is 13.6. The van der Waals surface area contributed by atoms with Crippen LogP contribution in [0.4, 0.5) is 0 Å². The number of guanidine groups is 3. The number of aliphatic imine (C=N–C) groups is 3. The number of hydrogen-bond acceptors (Lipinski definition) is 13. The smallest absolute Gasteiger partial charge is 0.245 e. The van der Waals surface area contributed by atoms with Gasteiger partial charge in [0.2, 0.25) is 53.2 Å².